The minimum absolute atomic E-state index is 0.0162. The Morgan fingerprint density at radius 2 is 1.22 bits per heavy atom. The first kappa shape index (κ1) is 37.8. The van der Waals surface area contributed by atoms with Crippen molar-refractivity contribution in [3.63, 3.8) is 0 Å². The molecule has 0 aromatic heterocycles. The van der Waals surface area contributed by atoms with E-state index in [4.69, 9.17) is 11.0 Å². The zero-order chi connectivity index (χ0) is 38.3. The summed E-state index contributed by atoms with van der Waals surface area (Å²) in [6.07, 6.45) is 7.96. The van der Waals surface area contributed by atoms with E-state index in [1.807, 2.05) is 19.9 Å². The molecule has 4 nitrogen and oxygen atoms in total. The molecule has 54 heavy (non-hydrogen) atoms. The highest BCUT2D eigenvalue weighted by Crippen LogP contribution is 2.63. The summed E-state index contributed by atoms with van der Waals surface area (Å²) in [5, 5.41) is 8.36. The third-order valence-electron chi connectivity index (χ3n) is 10.9. The molecule has 270 valence electrons. The molecule has 1 atom stereocenters. The normalized spacial score (nSPS) is 16.4. The summed E-state index contributed by atoms with van der Waals surface area (Å²) in [6.45, 7) is 8.83. The van der Waals surface area contributed by atoms with Crippen molar-refractivity contribution < 1.29 is 0 Å². The van der Waals surface area contributed by atoms with Gasteiger partial charge in [-0.25, -0.2) is 0 Å². The molecule has 6 aromatic rings. The number of allylic oxidation sites excluding steroid dienone is 4. The minimum atomic E-state index is -0.228. The van der Waals surface area contributed by atoms with Gasteiger partial charge < -0.3 is 5.73 Å². The van der Waals surface area contributed by atoms with Gasteiger partial charge in [-0.15, -0.1) is 0 Å². The number of hydrazine groups is 1. The number of rotatable bonds is 3. The van der Waals surface area contributed by atoms with E-state index >= 15 is 0 Å². The zero-order valence-corrected chi connectivity index (χ0v) is 31.8. The number of nitrogens with two attached hydrogens (primary N) is 3. The number of fused-ring (bicyclic) bond motifs is 8. The molecule has 0 heterocycles. The predicted octanol–water partition coefficient (Wildman–Crippen LogP) is 11.2. The largest absolute Gasteiger partial charge is 0.399 e. The van der Waals surface area contributed by atoms with Gasteiger partial charge in [-0.3, -0.25) is 11.7 Å². The zero-order valence-electron chi connectivity index (χ0n) is 31.8. The third kappa shape index (κ3) is 6.69. The number of anilines is 1. The van der Waals surface area contributed by atoms with Gasteiger partial charge in [0.15, 0.2) is 0 Å². The van der Waals surface area contributed by atoms with Crippen molar-refractivity contribution in [1.29, 1.82) is 5.26 Å². The lowest BCUT2D eigenvalue weighted by molar-refractivity contribution is 0.536. The maximum absolute atomic E-state index is 8.36. The summed E-state index contributed by atoms with van der Waals surface area (Å²) in [5.41, 5.74) is 23.3. The summed E-state index contributed by atoms with van der Waals surface area (Å²) in [7, 11) is 0. The quantitative estimate of drug-likeness (QED) is 0.0968. The molecule has 0 aliphatic heterocycles. The minimum Gasteiger partial charge on any atom is -0.399 e. The summed E-state index contributed by atoms with van der Waals surface area (Å²) >= 11 is 0. The van der Waals surface area contributed by atoms with E-state index in [2.05, 4.69) is 159 Å². The van der Waals surface area contributed by atoms with Crippen LogP contribution in [0.15, 0.2) is 169 Å². The van der Waals surface area contributed by atoms with E-state index in [0.29, 0.717) is 11.3 Å². The molecule has 0 bridgehead atoms. The molecule has 0 amide bonds. The van der Waals surface area contributed by atoms with E-state index < -0.39 is 0 Å². The van der Waals surface area contributed by atoms with Gasteiger partial charge in [-0.1, -0.05) is 167 Å². The molecule has 1 unspecified atom stereocenters. The van der Waals surface area contributed by atoms with Gasteiger partial charge in [0.05, 0.1) is 17.0 Å². The fourth-order valence-corrected chi connectivity index (χ4v) is 8.65. The molecule has 0 radical (unpaired) electrons. The summed E-state index contributed by atoms with van der Waals surface area (Å²) in [5.74, 6) is 8.00. The Hall–Kier alpha value is -5.99. The van der Waals surface area contributed by atoms with Crippen molar-refractivity contribution in [2.75, 3.05) is 5.73 Å². The first-order chi connectivity index (χ1) is 26.4. The van der Waals surface area contributed by atoms with Crippen LogP contribution in [0, 0.1) is 11.3 Å². The molecule has 4 heteroatoms. The van der Waals surface area contributed by atoms with E-state index in [9.17, 15) is 0 Å². The van der Waals surface area contributed by atoms with E-state index in [-0.39, 0.29) is 10.8 Å². The van der Waals surface area contributed by atoms with Crippen molar-refractivity contribution in [3.8, 4) is 28.3 Å². The second-order valence-corrected chi connectivity index (χ2v) is 14.2. The Balaban J connectivity index is 0.000000331. The number of hydrogen-bond donors (Lipinski definition) is 3. The van der Waals surface area contributed by atoms with Crippen molar-refractivity contribution in [2.45, 2.75) is 57.8 Å². The monoisotopic (exact) mass is 706 g/mol. The highest BCUT2D eigenvalue weighted by atomic mass is 15.0. The smallest absolute Gasteiger partial charge is 0.0992 e. The van der Waals surface area contributed by atoms with Crippen LogP contribution in [0.2, 0.25) is 0 Å². The second-order valence-electron chi connectivity index (χ2n) is 14.2. The maximum atomic E-state index is 8.36. The Kier molecular flexibility index (Phi) is 11.4. The standard InChI is InChI=1S/C41H34.C7H6N2.C2H6.H4N2/c1-40(2)36-16-8-10-18-38(36)41(39-19-11-9-17-37(39)40)34-15-7-6-14-32(34)33-27-29(22-25-35(33)41)26-28-20-23-31(24-21-28)30-12-4-3-5-13-30;8-5-6-2-1-3-7(9)4-6;2*1-2/h3-10,12-18,20-25,27H,11,19,26H2,1-2H3;1-4H,9H2;1-2H3;1-2H2. The summed E-state index contributed by atoms with van der Waals surface area (Å²) < 4.78 is 0. The van der Waals surface area contributed by atoms with E-state index in [1.165, 1.54) is 61.2 Å². The van der Waals surface area contributed by atoms with Gasteiger partial charge in [-0.2, -0.15) is 5.26 Å². The van der Waals surface area contributed by atoms with E-state index in [1.54, 1.807) is 29.8 Å². The molecule has 1 spiro atoms. The van der Waals surface area contributed by atoms with Crippen LogP contribution in [0.25, 0.3) is 22.3 Å². The SMILES string of the molecule is CC.CC1(C)C2=C(CCC=C2)C2(c3ccccc3-c3cc(Cc4ccc(-c5ccccc5)cc4)ccc32)c2ccccc21.N#Cc1cccc(N)c1.NN. The van der Waals surface area contributed by atoms with Crippen LogP contribution >= 0.6 is 0 Å². The molecule has 6 N–H and O–H groups in total. The molecule has 0 saturated carbocycles. The van der Waals surface area contributed by atoms with E-state index in [0.717, 1.165) is 19.3 Å². The van der Waals surface area contributed by atoms with Gasteiger partial charge in [0, 0.05) is 11.1 Å². The lowest BCUT2D eigenvalue weighted by Gasteiger charge is -2.48. The van der Waals surface area contributed by atoms with Crippen LogP contribution in [0.4, 0.5) is 5.69 Å². The van der Waals surface area contributed by atoms with Crippen LogP contribution in [0.5, 0.6) is 0 Å². The molecule has 9 rings (SSSR count). The number of nitrogens with zero attached hydrogens (tertiary/aromatic N) is 1. The fraction of sp³-hybridized carbons (Fsp3) is 0.180. The fourth-order valence-electron chi connectivity index (χ4n) is 8.65. The molecule has 0 saturated heterocycles. The van der Waals surface area contributed by atoms with Gasteiger partial charge in [0.2, 0.25) is 0 Å². The van der Waals surface area contributed by atoms with Crippen LogP contribution in [-0.4, -0.2) is 0 Å². The first-order valence-corrected chi connectivity index (χ1v) is 18.9. The van der Waals surface area contributed by atoms with Crippen molar-refractivity contribution >= 4 is 5.69 Å². The highest BCUT2D eigenvalue weighted by molar-refractivity contribution is 5.88. The van der Waals surface area contributed by atoms with Crippen LogP contribution in [-0.2, 0) is 17.3 Å². The predicted molar refractivity (Wildman–Crippen MR) is 227 cm³/mol. The molecule has 6 aromatic carbocycles. The van der Waals surface area contributed by atoms with Gasteiger partial charge in [0.25, 0.3) is 0 Å². The number of nitrogen functional groups attached to an aromatic ring is 1. The Bertz CT molecular complexity index is 2340. The van der Waals surface area contributed by atoms with Gasteiger partial charge in [0.1, 0.15) is 0 Å². The molecular weight excluding hydrogens is 657 g/mol. The Labute approximate surface area is 321 Å². The first-order valence-electron chi connectivity index (χ1n) is 18.9. The summed E-state index contributed by atoms with van der Waals surface area (Å²) in [4.78, 5) is 0. The van der Waals surface area contributed by atoms with Gasteiger partial charge in [-0.05, 0) is 104 Å². The average Bonchev–Trinajstić information content (AvgIpc) is 3.52. The van der Waals surface area contributed by atoms with Crippen molar-refractivity contribution in [1.82, 2.24) is 0 Å². The maximum Gasteiger partial charge on any atom is 0.0992 e. The molecule has 3 aliphatic carbocycles. The number of hydrogen-bond acceptors (Lipinski definition) is 4. The lowest BCUT2D eigenvalue weighted by atomic mass is 9.54. The summed E-state index contributed by atoms with van der Waals surface area (Å²) in [6, 6.07) is 54.4. The third-order valence-corrected chi connectivity index (χ3v) is 10.9. The van der Waals surface area contributed by atoms with Crippen molar-refractivity contribution in [2.24, 2.45) is 11.7 Å². The molecule has 0 fully saturated rings. The average molecular weight is 707 g/mol. The number of benzene rings is 6. The topological polar surface area (TPSA) is 102 Å². The Morgan fingerprint density at radius 1 is 0.611 bits per heavy atom. The lowest BCUT2D eigenvalue weighted by Crippen LogP contribution is -2.41. The molecule has 3 aliphatic rings. The Morgan fingerprint density at radius 3 is 1.91 bits per heavy atom. The molecular formula is C50H50N4. The van der Waals surface area contributed by atoms with Crippen LogP contribution in [0.3, 0.4) is 0 Å². The van der Waals surface area contributed by atoms with Crippen molar-refractivity contribution in [3.05, 3.63) is 208 Å². The van der Waals surface area contributed by atoms with Crippen LogP contribution < -0.4 is 17.4 Å². The number of nitriles is 1. The van der Waals surface area contributed by atoms with Crippen LogP contribution in [0.1, 0.15) is 79.5 Å². The second kappa shape index (κ2) is 16.4. The highest BCUT2D eigenvalue weighted by Gasteiger charge is 2.53. The van der Waals surface area contributed by atoms with Gasteiger partial charge >= 0.3 is 0 Å².